The van der Waals surface area contributed by atoms with Gasteiger partial charge in [0.2, 0.25) is 0 Å². The summed E-state index contributed by atoms with van der Waals surface area (Å²) in [5.74, 6) is -0.0594. The molecule has 0 aliphatic carbocycles. The van der Waals surface area contributed by atoms with Crippen molar-refractivity contribution in [3.8, 4) is 0 Å². The van der Waals surface area contributed by atoms with Crippen LogP contribution in [0.25, 0.3) is 0 Å². The number of rotatable bonds is 3. The van der Waals surface area contributed by atoms with Crippen molar-refractivity contribution in [3.05, 3.63) is 29.1 Å². The Labute approximate surface area is 92.0 Å². The van der Waals surface area contributed by atoms with Gasteiger partial charge in [-0.15, -0.1) is 23.2 Å². The minimum Gasteiger partial charge on any atom is -0.465 e. The zero-order chi connectivity index (χ0) is 10.6. The first-order valence-corrected chi connectivity index (χ1v) is 4.98. The highest BCUT2D eigenvalue weighted by atomic mass is 35.5. The summed E-state index contributed by atoms with van der Waals surface area (Å²) in [5, 5.41) is 0. The fourth-order valence-corrected chi connectivity index (χ4v) is 1.54. The lowest BCUT2D eigenvalue weighted by molar-refractivity contribution is 0.0598. The lowest BCUT2D eigenvalue weighted by atomic mass is 10.1. The Balaban J connectivity index is 3.25. The van der Waals surface area contributed by atoms with E-state index in [-0.39, 0.29) is 11.8 Å². The number of aromatic nitrogens is 1. The molecule has 76 valence electrons. The molecule has 0 saturated heterocycles. The van der Waals surface area contributed by atoms with E-state index in [1.165, 1.54) is 7.11 Å². The van der Waals surface area contributed by atoms with Gasteiger partial charge in [-0.1, -0.05) is 0 Å². The number of esters is 1. The second-order valence-corrected chi connectivity index (χ2v) is 3.09. The van der Waals surface area contributed by atoms with E-state index in [4.69, 9.17) is 23.2 Å². The fourth-order valence-electron chi connectivity index (χ4n) is 1.11. The Kier molecular flexibility index (Phi) is 4.17. The molecular formula is C9H9Cl2NO2. The van der Waals surface area contributed by atoms with Crippen LogP contribution in [0.4, 0.5) is 0 Å². The summed E-state index contributed by atoms with van der Waals surface area (Å²) in [5.41, 5.74) is 1.56. The summed E-state index contributed by atoms with van der Waals surface area (Å²) < 4.78 is 4.63. The molecule has 0 radical (unpaired) electrons. The Morgan fingerprint density at radius 1 is 1.50 bits per heavy atom. The third-order valence-corrected chi connectivity index (χ3v) is 2.32. The summed E-state index contributed by atoms with van der Waals surface area (Å²) in [4.78, 5) is 15.4. The molecule has 14 heavy (non-hydrogen) atoms. The first kappa shape index (κ1) is 11.3. The predicted molar refractivity (Wildman–Crippen MR) is 54.7 cm³/mol. The van der Waals surface area contributed by atoms with Crippen LogP contribution in [0.5, 0.6) is 0 Å². The van der Waals surface area contributed by atoms with Gasteiger partial charge < -0.3 is 4.74 Å². The predicted octanol–water partition coefficient (Wildman–Crippen LogP) is 2.35. The van der Waals surface area contributed by atoms with E-state index in [9.17, 15) is 4.79 Å². The number of ether oxygens (including phenoxy) is 1. The molecule has 0 saturated carbocycles. The third-order valence-electron chi connectivity index (χ3n) is 1.78. The maximum absolute atomic E-state index is 11.4. The van der Waals surface area contributed by atoms with Crippen LogP contribution in [0.15, 0.2) is 12.3 Å². The first-order valence-electron chi connectivity index (χ1n) is 3.91. The SMILES string of the molecule is COC(=O)c1c(CCl)ccnc1CCl. The highest BCUT2D eigenvalue weighted by Crippen LogP contribution is 2.17. The maximum atomic E-state index is 11.4. The van der Waals surface area contributed by atoms with Gasteiger partial charge in [-0.3, -0.25) is 4.98 Å². The number of carbonyl (C=O) groups excluding carboxylic acids is 1. The quantitative estimate of drug-likeness (QED) is 0.595. The number of hydrogen-bond acceptors (Lipinski definition) is 3. The van der Waals surface area contributed by atoms with Gasteiger partial charge in [0.05, 0.1) is 24.2 Å². The molecule has 0 bridgehead atoms. The molecule has 0 N–H and O–H groups in total. The lowest BCUT2D eigenvalue weighted by Crippen LogP contribution is -2.10. The number of hydrogen-bond donors (Lipinski definition) is 0. The zero-order valence-corrected chi connectivity index (χ0v) is 9.10. The Hall–Kier alpha value is -0.800. The maximum Gasteiger partial charge on any atom is 0.340 e. The molecule has 0 fully saturated rings. The van der Waals surface area contributed by atoms with Gasteiger partial charge in [-0.25, -0.2) is 4.79 Å². The van der Waals surface area contributed by atoms with Crippen molar-refractivity contribution in [3.63, 3.8) is 0 Å². The van der Waals surface area contributed by atoms with Crippen molar-refractivity contribution in [1.82, 2.24) is 4.98 Å². The van der Waals surface area contributed by atoms with E-state index in [0.717, 1.165) is 0 Å². The average Bonchev–Trinajstić information content (AvgIpc) is 2.26. The normalized spacial score (nSPS) is 9.93. The first-order chi connectivity index (χ1) is 6.74. The van der Waals surface area contributed by atoms with Crippen LogP contribution >= 0.6 is 23.2 Å². The van der Waals surface area contributed by atoms with Crippen molar-refractivity contribution < 1.29 is 9.53 Å². The van der Waals surface area contributed by atoms with E-state index in [0.29, 0.717) is 16.8 Å². The van der Waals surface area contributed by atoms with Crippen molar-refractivity contribution in [2.24, 2.45) is 0 Å². The van der Waals surface area contributed by atoms with E-state index < -0.39 is 5.97 Å². The summed E-state index contributed by atoms with van der Waals surface area (Å²) in [7, 11) is 1.31. The van der Waals surface area contributed by atoms with Crippen LogP contribution < -0.4 is 0 Å². The topological polar surface area (TPSA) is 39.2 Å². The van der Waals surface area contributed by atoms with Crippen LogP contribution in [0.1, 0.15) is 21.6 Å². The van der Waals surface area contributed by atoms with Crippen LogP contribution in [0.2, 0.25) is 0 Å². The number of alkyl halides is 2. The molecule has 0 amide bonds. The van der Waals surface area contributed by atoms with E-state index >= 15 is 0 Å². The number of pyridine rings is 1. The van der Waals surface area contributed by atoms with Gasteiger partial charge in [0.25, 0.3) is 0 Å². The molecule has 5 heteroatoms. The molecule has 1 aromatic heterocycles. The van der Waals surface area contributed by atoms with E-state index in [1.807, 2.05) is 0 Å². The molecule has 0 atom stereocenters. The Bertz CT molecular complexity index is 319. The average molecular weight is 234 g/mol. The van der Waals surface area contributed by atoms with Gasteiger partial charge in [0.1, 0.15) is 0 Å². The highest BCUT2D eigenvalue weighted by molar-refractivity contribution is 6.18. The van der Waals surface area contributed by atoms with Gasteiger partial charge in [0, 0.05) is 12.1 Å². The summed E-state index contributed by atoms with van der Waals surface area (Å²) in [6.45, 7) is 0. The zero-order valence-electron chi connectivity index (χ0n) is 7.59. The lowest BCUT2D eigenvalue weighted by Gasteiger charge is -2.07. The smallest absolute Gasteiger partial charge is 0.340 e. The molecular weight excluding hydrogens is 225 g/mol. The van der Waals surface area contributed by atoms with Crippen LogP contribution in [0.3, 0.4) is 0 Å². The molecule has 1 rings (SSSR count). The highest BCUT2D eigenvalue weighted by Gasteiger charge is 2.16. The molecule has 0 spiro atoms. The molecule has 0 aromatic carbocycles. The summed E-state index contributed by atoms with van der Waals surface area (Å²) in [6.07, 6.45) is 1.57. The van der Waals surface area contributed by atoms with Crippen LogP contribution in [-0.4, -0.2) is 18.1 Å². The number of halogens is 2. The standard InChI is InChI=1S/C9H9Cl2NO2/c1-14-9(13)8-6(4-10)2-3-12-7(8)5-11/h2-3H,4-5H2,1H3. The molecule has 0 unspecified atom stereocenters. The largest absolute Gasteiger partial charge is 0.465 e. The molecule has 1 heterocycles. The van der Waals surface area contributed by atoms with E-state index in [2.05, 4.69) is 9.72 Å². The summed E-state index contributed by atoms with van der Waals surface area (Å²) >= 11 is 11.3. The molecule has 0 aliphatic heterocycles. The van der Waals surface area contributed by atoms with Crippen molar-refractivity contribution >= 4 is 29.2 Å². The second kappa shape index (κ2) is 5.17. The van der Waals surface area contributed by atoms with Crippen molar-refractivity contribution in [2.45, 2.75) is 11.8 Å². The number of carbonyl (C=O) groups is 1. The fraction of sp³-hybridized carbons (Fsp3) is 0.333. The van der Waals surface area contributed by atoms with E-state index in [1.54, 1.807) is 12.3 Å². The second-order valence-electron chi connectivity index (χ2n) is 2.55. The van der Waals surface area contributed by atoms with Gasteiger partial charge in [0.15, 0.2) is 0 Å². The number of methoxy groups -OCH3 is 1. The third kappa shape index (κ3) is 2.16. The van der Waals surface area contributed by atoms with Crippen molar-refractivity contribution in [2.75, 3.05) is 7.11 Å². The minimum absolute atomic E-state index is 0.162. The molecule has 3 nitrogen and oxygen atoms in total. The minimum atomic E-state index is -0.454. The van der Waals surface area contributed by atoms with Crippen molar-refractivity contribution in [1.29, 1.82) is 0 Å². The molecule has 0 aliphatic rings. The Morgan fingerprint density at radius 2 is 2.21 bits per heavy atom. The summed E-state index contributed by atoms with van der Waals surface area (Å²) in [6, 6.07) is 1.68. The number of nitrogens with zero attached hydrogens (tertiary/aromatic N) is 1. The van der Waals surface area contributed by atoms with Gasteiger partial charge in [-0.2, -0.15) is 0 Å². The van der Waals surface area contributed by atoms with Crippen LogP contribution in [0, 0.1) is 0 Å². The van der Waals surface area contributed by atoms with Gasteiger partial charge in [-0.05, 0) is 11.6 Å². The monoisotopic (exact) mass is 233 g/mol. The van der Waals surface area contributed by atoms with Crippen LogP contribution in [-0.2, 0) is 16.5 Å². The molecule has 1 aromatic rings. The van der Waals surface area contributed by atoms with Gasteiger partial charge >= 0.3 is 5.97 Å². The Morgan fingerprint density at radius 3 is 2.71 bits per heavy atom.